The van der Waals surface area contributed by atoms with Crippen LogP contribution in [0.2, 0.25) is 0 Å². The summed E-state index contributed by atoms with van der Waals surface area (Å²) in [6.45, 7) is 8.49. The summed E-state index contributed by atoms with van der Waals surface area (Å²) in [4.78, 5) is 16.8. The van der Waals surface area contributed by atoms with Crippen LogP contribution >= 0.6 is 0 Å². The Bertz CT molecular complexity index is 654. The summed E-state index contributed by atoms with van der Waals surface area (Å²) in [6, 6.07) is 0. The molecule has 0 aromatic rings. The maximum Gasteiger partial charge on any atom is 0.302 e. The number of methoxy groups -OCH3 is 1. The lowest BCUT2D eigenvalue weighted by molar-refractivity contribution is -0.471. The van der Waals surface area contributed by atoms with Crippen molar-refractivity contribution in [3.63, 3.8) is 0 Å². The average molecular weight is 425 g/mol. The number of carbonyl (C=O) groups is 1. The Kier molecular flexibility index (Phi) is 6.02. The summed E-state index contributed by atoms with van der Waals surface area (Å²) in [7, 11) is 1.67. The van der Waals surface area contributed by atoms with E-state index in [-0.39, 0.29) is 17.5 Å². The fourth-order valence-electron chi connectivity index (χ4n) is 8.25. The lowest BCUT2D eigenvalue weighted by atomic mass is 9.49. The maximum absolute atomic E-state index is 11.6. The molecular formula is C24H40O6. The molecule has 4 rings (SSSR count). The van der Waals surface area contributed by atoms with Gasteiger partial charge in [-0.1, -0.05) is 27.2 Å². The molecule has 4 fully saturated rings. The first-order valence-corrected chi connectivity index (χ1v) is 11.9. The van der Waals surface area contributed by atoms with Gasteiger partial charge in [0.15, 0.2) is 6.29 Å². The molecule has 1 heterocycles. The van der Waals surface area contributed by atoms with Crippen LogP contribution in [-0.2, 0) is 23.9 Å². The zero-order valence-electron chi connectivity index (χ0n) is 19.3. The third kappa shape index (κ3) is 3.25. The van der Waals surface area contributed by atoms with E-state index in [1.54, 1.807) is 7.11 Å². The number of carbonyl (C=O) groups excluding carboxylic acids is 1. The third-order valence-corrected chi connectivity index (χ3v) is 9.83. The van der Waals surface area contributed by atoms with E-state index in [1.165, 1.54) is 32.6 Å². The minimum absolute atomic E-state index is 0.309. The van der Waals surface area contributed by atoms with Gasteiger partial charge in [-0.2, -0.15) is 0 Å². The molecule has 3 saturated carbocycles. The second-order valence-corrected chi connectivity index (χ2v) is 10.9. The van der Waals surface area contributed by atoms with E-state index in [0.29, 0.717) is 29.6 Å². The highest BCUT2D eigenvalue weighted by molar-refractivity contribution is 5.66. The van der Waals surface area contributed by atoms with Gasteiger partial charge >= 0.3 is 5.97 Å². The molecule has 0 amide bonds. The molecule has 1 saturated heterocycles. The number of rotatable bonds is 4. The van der Waals surface area contributed by atoms with E-state index in [2.05, 4.69) is 20.8 Å². The Morgan fingerprint density at radius 1 is 1.13 bits per heavy atom. The standard InChI is InChI=1S/C24H40O6/c1-6-16-7-8-19-18-13-21(27-5)29-24(30-26)14-17(28-15(2)25)9-12-23(24,4)20(18)10-11-22(16,19)3/h16-21,26H,6-14H2,1-5H3/t16-,17-,18-,19-,20-,21+,22+,23+,24+/m0/s1. The molecule has 30 heavy (non-hydrogen) atoms. The predicted molar refractivity (Wildman–Crippen MR) is 111 cm³/mol. The highest BCUT2D eigenvalue weighted by Gasteiger charge is 2.67. The second kappa shape index (κ2) is 8.02. The van der Waals surface area contributed by atoms with Crippen LogP contribution < -0.4 is 0 Å². The predicted octanol–water partition coefficient (Wildman–Crippen LogP) is 5.16. The SMILES string of the molecule is CC[C@H]1CC[C@H]2[C@@H]3C[C@H](OC)O[C@@]4(OO)C[C@@H](OC(C)=O)CC[C@]4(C)[C@H]3CC[C@]12C. The highest BCUT2D eigenvalue weighted by atomic mass is 17.1. The first-order valence-electron chi connectivity index (χ1n) is 11.9. The van der Waals surface area contributed by atoms with Gasteiger partial charge in [-0.25, -0.2) is 10.1 Å². The van der Waals surface area contributed by atoms with Crippen LogP contribution in [-0.4, -0.2) is 36.5 Å². The largest absolute Gasteiger partial charge is 0.462 e. The van der Waals surface area contributed by atoms with Gasteiger partial charge in [0.25, 0.3) is 0 Å². The molecule has 0 aromatic heterocycles. The molecule has 3 aliphatic carbocycles. The Morgan fingerprint density at radius 2 is 1.90 bits per heavy atom. The van der Waals surface area contributed by atoms with Crippen LogP contribution in [0.25, 0.3) is 0 Å². The van der Waals surface area contributed by atoms with E-state index < -0.39 is 12.1 Å². The summed E-state index contributed by atoms with van der Waals surface area (Å²) in [6.07, 6.45) is 8.14. The fraction of sp³-hybridized carbons (Fsp3) is 0.958. The van der Waals surface area contributed by atoms with Crippen molar-refractivity contribution in [2.45, 2.75) is 104 Å². The van der Waals surface area contributed by atoms with Crippen LogP contribution in [0.3, 0.4) is 0 Å². The minimum atomic E-state index is -1.22. The normalized spacial score (nSPS) is 50.7. The molecule has 1 aliphatic heterocycles. The van der Waals surface area contributed by atoms with Crippen LogP contribution in [0.5, 0.6) is 0 Å². The summed E-state index contributed by atoms with van der Waals surface area (Å²) in [5.41, 5.74) is 0.0224. The first-order chi connectivity index (χ1) is 14.2. The number of esters is 1. The van der Waals surface area contributed by atoms with E-state index >= 15 is 0 Å². The van der Waals surface area contributed by atoms with Crippen molar-refractivity contribution in [3.8, 4) is 0 Å². The number of ether oxygens (including phenoxy) is 3. The molecule has 1 N–H and O–H groups in total. The quantitative estimate of drug-likeness (QED) is 0.382. The second-order valence-electron chi connectivity index (χ2n) is 10.9. The monoisotopic (exact) mass is 424 g/mol. The molecule has 0 spiro atoms. The van der Waals surface area contributed by atoms with Crippen molar-refractivity contribution in [1.82, 2.24) is 0 Å². The van der Waals surface area contributed by atoms with Crippen molar-refractivity contribution in [2.24, 2.45) is 34.5 Å². The summed E-state index contributed by atoms with van der Waals surface area (Å²) >= 11 is 0. The topological polar surface area (TPSA) is 74.2 Å². The Morgan fingerprint density at radius 3 is 2.53 bits per heavy atom. The van der Waals surface area contributed by atoms with Crippen molar-refractivity contribution in [3.05, 3.63) is 0 Å². The molecule has 0 unspecified atom stereocenters. The van der Waals surface area contributed by atoms with Gasteiger partial charge in [0.05, 0.1) is 0 Å². The Hall–Kier alpha value is -0.690. The molecule has 0 aromatic carbocycles. The summed E-state index contributed by atoms with van der Waals surface area (Å²) in [5, 5.41) is 10.2. The molecule has 172 valence electrons. The van der Waals surface area contributed by atoms with Crippen LogP contribution in [0.15, 0.2) is 0 Å². The van der Waals surface area contributed by atoms with Crippen LogP contribution in [0.4, 0.5) is 0 Å². The van der Waals surface area contributed by atoms with Gasteiger partial charge in [0, 0.05) is 32.3 Å². The van der Waals surface area contributed by atoms with E-state index in [0.717, 1.165) is 31.6 Å². The molecular weight excluding hydrogens is 384 g/mol. The Balaban J connectivity index is 1.71. The maximum atomic E-state index is 11.6. The highest BCUT2D eigenvalue weighted by Crippen LogP contribution is 2.67. The van der Waals surface area contributed by atoms with E-state index in [1.807, 2.05) is 0 Å². The fourth-order valence-corrected chi connectivity index (χ4v) is 8.25. The average Bonchev–Trinajstić information content (AvgIpc) is 3.00. The van der Waals surface area contributed by atoms with Gasteiger partial charge in [-0.05, 0) is 67.6 Å². The number of hydrogen-bond donors (Lipinski definition) is 1. The van der Waals surface area contributed by atoms with Crippen molar-refractivity contribution < 1.29 is 29.1 Å². The lowest BCUT2D eigenvalue weighted by Gasteiger charge is -2.58. The van der Waals surface area contributed by atoms with E-state index in [9.17, 15) is 10.1 Å². The summed E-state index contributed by atoms with van der Waals surface area (Å²) < 4.78 is 17.7. The van der Waals surface area contributed by atoms with Gasteiger partial charge < -0.3 is 14.2 Å². The molecule has 6 nitrogen and oxygen atoms in total. The zero-order valence-corrected chi connectivity index (χ0v) is 19.3. The van der Waals surface area contributed by atoms with Crippen molar-refractivity contribution in [2.75, 3.05) is 7.11 Å². The zero-order chi connectivity index (χ0) is 21.7. The molecule has 0 bridgehead atoms. The van der Waals surface area contributed by atoms with Crippen LogP contribution in [0, 0.1) is 34.5 Å². The lowest BCUT2D eigenvalue weighted by Crippen LogP contribution is -2.60. The Labute approximate surface area is 180 Å². The van der Waals surface area contributed by atoms with Crippen molar-refractivity contribution in [1.29, 1.82) is 0 Å². The molecule has 6 heteroatoms. The van der Waals surface area contributed by atoms with Crippen LogP contribution in [0.1, 0.15) is 85.5 Å². The summed E-state index contributed by atoms with van der Waals surface area (Å²) in [5.74, 6) is 0.785. The minimum Gasteiger partial charge on any atom is -0.462 e. The smallest absolute Gasteiger partial charge is 0.302 e. The number of hydrogen-bond acceptors (Lipinski definition) is 6. The molecule has 0 radical (unpaired) electrons. The van der Waals surface area contributed by atoms with Gasteiger partial charge in [0.2, 0.25) is 5.79 Å². The first kappa shape index (κ1) is 22.5. The van der Waals surface area contributed by atoms with Crippen molar-refractivity contribution >= 4 is 5.97 Å². The number of fused-ring (bicyclic) bond motifs is 5. The molecule has 4 aliphatic rings. The third-order valence-electron chi connectivity index (χ3n) is 9.83. The van der Waals surface area contributed by atoms with Gasteiger partial charge in [0.1, 0.15) is 6.10 Å². The molecule has 9 atom stereocenters. The van der Waals surface area contributed by atoms with Gasteiger partial charge in [-0.3, -0.25) is 4.79 Å². The van der Waals surface area contributed by atoms with Gasteiger partial charge in [-0.15, -0.1) is 0 Å². The van der Waals surface area contributed by atoms with E-state index in [4.69, 9.17) is 19.1 Å².